The molecule has 0 saturated heterocycles. The van der Waals surface area contributed by atoms with Gasteiger partial charge < -0.3 is 19.5 Å². The number of nitrogens with zero attached hydrogens (tertiary/aromatic N) is 3. The van der Waals surface area contributed by atoms with Crippen LogP contribution in [0, 0.1) is 0 Å². The molecular weight excluding hydrogens is 547 g/mol. The highest BCUT2D eigenvalue weighted by molar-refractivity contribution is 7.93. The molecule has 216 valence electrons. The van der Waals surface area contributed by atoms with Gasteiger partial charge in [-0.3, -0.25) is 19.1 Å². The van der Waals surface area contributed by atoms with E-state index in [1.807, 2.05) is 0 Å². The van der Waals surface area contributed by atoms with E-state index in [1.165, 1.54) is 36.0 Å². The Hall–Kier alpha value is -3.69. The molecular formula is C23H30F3N5O7S. The van der Waals surface area contributed by atoms with E-state index in [-0.39, 0.29) is 53.5 Å². The summed E-state index contributed by atoms with van der Waals surface area (Å²) in [5.41, 5.74) is -2.82. The Morgan fingerprint density at radius 1 is 1.23 bits per heavy atom. The van der Waals surface area contributed by atoms with Gasteiger partial charge in [0.15, 0.2) is 4.90 Å². The molecule has 12 nitrogen and oxygen atoms in total. The zero-order chi connectivity index (χ0) is 29.2. The van der Waals surface area contributed by atoms with Gasteiger partial charge in [0, 0.05) is 25.4 Å². The number of aryl methyl sites for hydroxylation is 1. The van der Waals surface area contributed by atoms with Gasteiger partial charge in [0.1, 0.15) is 11.9 Å². The lowest BCUT2D eigenvalue weighted by molar-refractivity contribution is -0.242. The molecule has 0 spiro atoms. The van der Waals surface area contributed by atoms with Gasteiger partial charge in [-0.15, -0.1) is 5.10 Å². The lowest BCUT2D eigenvalue weighted by Gasteiger charge is -2.35. The number of nitrogens with one attached hydrogen (secondary N) is 2. The van der Waals surface area contributed by atoms with Gasteiger partial charge in [0.2, 0.25) is 11.5 Å². The molecule has 39 heavy (non-hydrogen) atoms. The molecule has 0 saturated carbocycles. The van der Waals surface area contributed by atoms with Crippen LogP contribution in [0.25, 0.3) is 0 Å². The van der Waals surface area contributed by atoms with E-state index in [0.29, 0.717) is 20.4 Å². The summed E-state index contributed by atoms with van der Waals surface area (Å²) < 4.78 is 85.4. The zero-order valence-electron chi connectivity index (χ0n) is 22.0. The second-order valence-electron chi connectivity index (χ2n) is 9.01. The molecule has 1 aliphatic heterocycles. The number of fused-ring (bicyclic) bond motifs is 1. The number of carbonyl (C=O) groups excluding carboxylic acids is 2. The minimum atomic E-state index is -4.82. The quantitative estimate of drug-likeness (QED) is 0.463. The fourth-order valence-corrected chi connectivity index (χ4v) is 5.07. The van der Waals surface area contributed by atoms with Gasteiger partial charge >= 0.3 is 12.3 Å². The molecule has 2 N–H and O–H groups in total. The molecule has 2 amide bonds. The molecule has 1 atom stereocenters. The molecule has 0 unspecified atom stereocenters. The Morgan fingerprint density at radius 2 is 1.92 bits per heavy atom. The highest BCUT2D eigenvalue weighted by Crippen LogP contribution is 2.40. The van der Waals surface area contributed by atoms with Gasteiger partial charge in [-0.1, -0.05) is 0 Å². The first kappa shape index (κ1) is 29.9. The van der Waals surface area contributed by atoms with E-state index in [2.05, 4.69) is 20.5 Å². The number of sulfonamides is 1. The van der Waals surface area contributed by atoms with Crippen molar-refractivity contribution in [3.8, 4) is 11.6 Å². The third-order valence-corrected chi connectivity index (χ3v) is 7.38. The Kier molecular flexibility index (Phi) is 8.57. The summed E-state index contributed by atoms with van der Waals surface area (Å²) in [6.45, 7) is 6.40. The van der Waals surface area contributed by atoms with Crippen LogP contribution in [-0.4, -0.2) is 67.8 Å². The SMILES string of the molecule is CCOc1nn(CC)cc1S(=O)(=O)N1C[C@H](CNC(C)=O)Oc2ccc(NC(=O)OC(C)(C)C(F)(F)F)cc21. The van der Waals surface area contributed by atoms with Crippen LogP contribution in [0.4, 0.5) is 29.3 Å². The van der Waals surface area contributed by atoms with Crippen LogP contribution in [0.5, 0.6) is 11.6 Å². The van der Waals surface area contributed by atoms with Crippen molar-refractivity contribution in [2.75, 3.05) is 29.3 Å². The average molecular weight is 578 g/mol. The van der Waals surface area contributed by atoms with Crippen molar-refractivity contribution in [2.24, 2.45) is 0 Å². The first-order valence-corrected chi connectivity index (χ1v) is 13.4. The van der Waals surface area contributed by atoms with Gasteiger partial charge in [0.05, 0.1) is 25.4 Å². The van der Waals surface area contributed by atoms with Gasteiger partial charge in [-0.05, 0) is 45.9 Å². The molecule has 16 heteroatoms. The third kappa shape index (κ3) is 6.66. The molecule has 2 heterocycles. The van der Waals surface area contributed by atoms with E-state index in [1.54, 1.807) is 13.8 Å². The number of rotatable bonds is 9. The molecule has 0 bridgehead atoms. The number of alkyl halides is 3. The minimum absolute atomic E-state index is 0.00588. The fraction of sp³-hybridized carbons (Fsp3) is 0.522. The van der Waals surface area contributed by atoms with Crippen molar-refractivity contribution in [1.29, 1.82) is 0 Å². The Morgan fingerprint density at radius 3 is 2.51 bits per heavy atom. The predicted molar refractivity (Wildman–Crippen MR) is 133 cm³/mol. The van der Waals surface area contributed by atoms with Crippen molar-refractivity contribution in [3.63, 3.8) is 0 Å². The Labute approximate surface area is 223 Å². The second kappa shape index (κ2) is 11.2. The van der Waals surface area contributed by atoms with Crippen molar-refractivity contribution in [1.82, 2.24) is 15.1 Å². The van der Waals surface area contributed by atoms with Crippen LogP contribution in [0.3, 0.4) is 0 Å². The van der Waals surface area contributed by atoms with E-state index in [0.717, 1.165) is 4.31 Å². The van der Waals surface area contributed by atoms with Crippen LogP contribution < -0.4 is 24.4 Å². The summed E-state index contributed by atoms with van der Waals surface area (Å²) in [6, 6.07) is 3.89. The van der Waals surface area contributed by atoms with Gasteiger partial charge in [-0.2, -0.15) is 13.2 Å². The van der Waals surface area contributed by atoms with Crippen molar-refractivity contribution in [2.45, 2.75) is 63.9 Å². The molecule has 0 fully saturated rings. The number of ether oxygens (including phenoxy) is 3. The molecule has 2 aromatic rings. The largest absolute Gasteiger partial charge is 0.484 e. The summed E-state index contributed by atoms with van der Waals surface area (Å²) in [5.74, 6) is -0.366. The number of carbonyl (C=O) groups is 2. The summed E-state index contributed by atoms with van der Waals surface area (Å²) >= 11 is 0. The fourth-order valence-electron chi connectivity index (χ4n) is 3.49. The highest BCUT2D eigenvalue weighted by Gasteiger charge is 2.51. The Bertz CT molecular complexity index is 1330. The summed E-state index contributed by atoms with van der Waals surface area (Å²) in [4.78, 5) is 23.5. The van der Waals surface area contributed by atoms with Crippen LogP contribution >= 0.6 is 0 Å². The molecule has 0 radical (unpaired) electrons. The van der Waals surface area contributed by atoms with Gasteiger partial charge in [0.25, 0.3) is 15.9 Å². The lowest BCUT2D eigenvalue weighted by Crippen LogP contribution is -2.48. The number of anilines is 2. The predicted octanol–water partition coefficient (Wildman–Crippen LogP) is 3.28. The number of amides is 2. The maximum atomic E-state index is 13.9. The number of halogens is 3. The van der Waals surface area contributed by atoms with E-state index < -0.39 is 34.0 Å². The van der Waals surface area contributed by atoms with E-state index >= 15 is 0 Å². The maximum Gasteiger partial charge on any atom is 0.427 e. The molecule has 0 aliphatic carbocycles. The summed E-state index contributed by atoms with van der Waals surface area (Å²) in [5, 5.41) is 8.93. The Balaban J connectivity index is 2.01. The summed E-state index contributed by atoms with van der Waals surface area (Å²) in [6.07, 6.45) is -5.68. The first-order chi connectivity index (χ1) is 18.1. The second-order valence-corrected chi connectivity index (χ2v) is 10.8. The number of benzene rings is 1. The van der Waals surface area contributed by atoms with Crippen molar-refractivity contribution < 1.29 is 45.4 Å². The zero-order valence-corrected chi connectivity index (χ0v) is 22.8. The van der Waals surface area contributed by atoms with Crippen LogP contribution in [0.1, 0.15) is 34.6 Å². The normalized spacial score (nSPS) is 15.7. The van der Waals surface area contributed by atoms with Crippen LogP contribution in [-0.2, 0) is 26.1 Å². The first-order valence-electron chi connectivity index (χ1n) is 11.9. The lowest BCUT2D eigenvalue weighted by atomic mass is 10.1. The molecule has 3 rings (SSSR count). The average Bonchev–Trinajstić information content (AvgIpc) is 3.25. The van der Waals surface area contributed by atoms with Crippen molar-refractivity contribution in [3.05, 3.63) is 24.4 Å². The maximum absolute atomic E-state index is 13.9. The van der Waals surface area contributed by atoms with Crippen LogP contribution in [0.15, 0.2) is 29.3 Å². The third-order valence-electron chi connectivity index (χ3n) is 5.62. The smallest absolute Gasteiger partial charge is 0.427 e. The number of hydrogen-bond acceptors (Lipinski definition) is 8. The molecule has 1 aromatic heterocycles. The topological polar surface area (TPSA) is 141 Å². The summed E-state index contributed by atoms with van der Waals surface area (Å²) in [7, 11) is -4.34. The van der Waals surface area contributed by atoms with Gasteiger partial charge in [-0.25, -0.2) is 13.2 Å². The molecule has 1 aliphatic rings. The van der Waals surface area contributed by atoms with Crippen LogP contribution in [0.2, 0.25) is 0 Å². The van der Waals surface area contributed by atoms with E-state index in [4.69, 9.17) is 9.47 Å². The van der Waals surface area contributed by atoms with Crippen molar-refractivity contribution >= 4 is 33.4 Å². The van der Waals surface area contributed by atoms with E-state index in [9.17, 15) is 31.2 Å². The molecule has 1 aromatic carbocycles. The number of hydrogen-bond donors (Lipinski definition) is 2. The highest BCUT2D eigenvalue weighted by atomic mass is 32.2. The number of aromatic nitrogens is 2. The standard InChI is InChI=1S/C23H30F3N5O7S/c1-6-30-13-19(20(29-30)36-7-2)39(34,35)31-12-16(11-27-14(3)32)37-18-9-8-15(10-17(18)31)28-21(33)38-22(4,5)23(24,25)26/h8-10,13,16H,6-7,11-12H2,1-5H3,(H,27,32)(H,28,33)/t16-/m0/s1. The monoisotopic (exact) mass is 577 g/mol. The minimum Gasteiger partial charge on any atom is -0.484 e.